The van der Waals surface area contributed by atoms with Crippen LogP contribution in [0.25, 0.3) is 0 Å². The number of hydrogen-bond donors (Lipinski definition) is 2. The third-order valence-electron chi connectivity index (χ3n) is 2.42. The third-order valence-corrected chi connectivity index (χ3v) is 2.42. The van der Waals surface area contributed by atoms with Crippen molar-refractivity contribution < 1.29 is 18.7 Å². The van der Waals surface area contributed by atoms with Crippen LogP contribution in [0, 0.1) is 0 Å². The fourth-order valence-corrected chi connectivity index (χ4v) is 1.46. The van der Waals surface area contributed by atoms with Crippen molar-refractivity contribution in [1.29, 1.82) is 0 Å². The Kier molecular flexibility index (Phi) is 4.97. The minimum absolute atomic E-state index is 0.445. The molecule has 3 nitrogen and oxygen atoms in total. The fourth-order valence-electron chi connectivity index (χ4n) is 1.46. The summed E-state index contributed by atoms with van der Waals surface area (Å²) in [6, 6.07) is 7.61. The molecule has 1 aromatic carbocycles. The van der Waals surface area contributed by atoms with Gasteiger partial charge < -0.3 is 10.4 Å². The highest BCUT2D eigenvalue weighted by Gasteiger charge is 2.38. The average Bonchev–Trinajstić information content (AvgIpc) is 2.36. The molecule has 0 saturated heterocycles. The number of rotatable bonds is 6. The lowest BCUT2D eigenvalue weighted by Gasteiger charge is -2.20. The van der Waals surface area contributed by atoms with Gasteiger partial charge in [-0.15, -0.1) is 6.58 Å². The zero-order valence-corrected chi connectivity index (χ0v) is 9.77. The van der Waals surface area contributed by atoms with Crippen LogP contribution >= 0.6 is 0 Å². The molecule has 0 aliphatic carbocycles. The standard InChI is InChI=1S/C13H15F2NO2/c1-2-8-13(14,15)12(18)16-11(9-17)10-6-4-3-5-7-10/h2-7,11,17H,1,8-9H2,(H,16,18). The molecule has 18 heavy (non-hydrogen) atoms. The summed E-state index contributed by atoms with van der Waals surface area (Å²) in [5.41, 5.74) is 0.572. The van der Waals surface area contributed by atoms with E-state index < -0.39 is 30.9 Å². The van der Waals surface area contributed by atoms with E-state index in [2.05, 4.69) is 11.9 Å². The number of aliphatic hydroxyl groups is 1. The largest absolute Gasteiger partial charge is 0.394 e. The molecule has 0 bridgehead atoms. The van der Waals surface area contributed by atoms with Crippen LogP contribution in [0.1, 0.15) is 18.0 Å². The van der Waals surface area contributed by atoms with Crippen LogP contribution in [0.2, 0.25) is 0 Å². The quantitative estimate of drug-likeness (QED) is 0.764. The molecule has 0 fully saturated rings. The second-order valence-electron chi connectivity index (χ2n) is 3.82. The van der Waals surface area contributed by atoms with Gasteiger partial charge in [-0.1, -0.05) is 36.4 Å². The molecular weight excluding hydrogens is 240 g/mol. The Hall–Kier alpha value is -1.75. The number of allylic oxidation sites excluding steroid dienone is 1. The van der Waals surface area contributed by atoms with Gasteiger partial charge in [-0.25, -0.2) is 0 Å². The lowest BCUT2D eigenvalue weighted by Crippen LogP contribution is -2.42. The van der Waals surface area contributed by atoms with Gasteiger partial charge in [0.1, 0.15) is 0 Å². The van der Waals surface area contributed by atoms with Gasteiger partial charge in [0.05, 0.1) is 12.6 Å². The number of alkyl halides is 2. The first-order chi connectivity index (χ1) is 8.51. The molecule has 2 N–H and O–H groups in total. The van der Waals surface area contributed by atoms with Crippen molar-refractivity contribution in [2.45, 2.75) is 18.4 Å². The Morgan fingerprint density at radius 3 is 2.56 bits per heavy atom. The molecule has 0 saturated carbocycles. The summed E-state index contributed by atoms with van der Waals surface area (Å²) in [4.78, 5) is 11.4. The number of carbonyl (C=O) groups is 1. The van der Waals surface area contributed by atoms with Crippen LogP contribution in [0.15, 0.2) is 43.0 Å². The van der Waals surface area contributed by atoms with E-state index in [1.54, 1.807) is 30.3 Å². The van der Waals surface area contributed by atoms with Crippen molar-refractivity contribution in [3.63, 3.8) is 0 Å². The second kappa shape index (κ2) is 6.26. The lowest BCUT2D eigenvalue weighted by atomic mass is 10.1. The maximum atomic E-state index is 13.3. The van der Waals surface area contributed by atoms with Gasteiger partial charge in [-0.2, -0.15) is 8.78 Å². The molecule has 1 atom stereocenters. The van der Waals surface area contributed by atoms with Crippen LogP contribution in [0.4, 0.5) is 8.78 Å². The zero-order chi connectivity index (χ0) is 13.6. The predicted molar refractivity (Wildman–Crippen MR) is 64.2 cm³/mol. The van der Waals surface area contributed by atoms with Crippen LogP contribution in [-0.4, -0.2) is 23.5 Å². The van der Waals surface area contributed by atoms with E-state index in [9.17, 15) is 13.6 Å². The van der Waals surface area contributed by atoms with Crippen molar-refractivity contribution in [3.05, 3.63) is 48.6 Å². The third kappa shape index (κ3) is 3.63. The minimum Gasteiger partial charge on any atom is -0.394 e. The van der Waals surface area contributed by atoms with Gasteiger partial charge in [-0.3, -0.25) is 4.79 Å². The van der Waals surface area contributed by atoms with E-state index in [0.29, 0.717) is 5.56 Å². The molecule has 0 spiro atoms. The van der Waals surface area contributed by atoms with Gasteiger partial charge in [0.15, 0.2) is 0 Å². The number of benzene rings is 1. The average molecular weight is 255 g/mol. The van der Waals surface area contributed by atoms with Crippen molar-refractivity contribution in [2.75, 3.05) is 6.61 Å². The van der Waals surface area contributed by atoms with Crippen molar-refractivity contribution in [1.82, 2.24) is 5.32 Å². The highest BCUT2D eigenvalue weighted by molar-refractivity contribution is 5.83. The Bertz CT molecular complexity index is 407. The zero-order valence-electron chi connectivity index (χ0n) is 9.77. The Balaban J connectivity index is 2.76. The number of carbonyl (C=O) groups excluding carboxylic acids is 1. The smallest absolute Gasteiger partial charge is 0.327 e. The summed E-state index contributed by atoms with van der Waals surface area (Å²) in [7, 11) is 0. The van der Waals surface area contributed by atoms with E-state index in [4.69, 9.17) is 5.11 Å². The number of amides is 1. The molecule has 1 rings (SSSR count). The molecule has 1 aromatic rings. The Labute approximate surface area is 104 Å². The molecule has 0 radical (unpaired) electrons. The highest BCUT2D eigenvalue weighted by Crippen LogP contribution is 2.21. The van der Waals surface area contributed by atoms with Crippen LogP contribution in [0.3, 0.4) is 0 Å². The number of hydrogen-bond acceptors (Lipinski definition) is 2. The number of nitrogens with one attached hydrogen (secondary N) is 1. The van der Waals surface area contributed by atoms with E-state index >= 15 is 0 Å². The van der Waals surface area contributed by atoms with Crippen molar-refractivity contribution in [3.8, 4) is 0 Å². The van der Waals surface area contributed by atoms with E-state index in [0.717, 1.165) is 6.08 Å². The van der Waals surface area contributed by atoms with Gasteiger partial charge in [0.2, 0.25) is 0 Å². The molecule has 0 aliphatic rings. The van der Waals surface area contributed by atoms with Crippen LogP contribution in [0.5, 0.6) is 0 Å². The predicted octanol–water partition coefficient (Wildman–Crippen LogP) is 2.05. The summed E-state index contributed by atoms with van der Waals surface area (Å²) >= 11 is 0. The molecule has 98 valence electrons. The van der Waals surface area contributed by atoms with Gasteiger partial charge >= 0.3 is 5.92 Å². The van der Waals surface area contributed by atoms with Gasteiger partial charge in [0.25, 0.3) is 5.91 Å². The summed E-state index contributed by atoms with van der Waals surface area (Å²) in [6.07, 6.45) is 0.252. The topological polar surface area (TPSA) is 49.3 Å². The summed E-state index contributed by atoms with van der Waals surface area (Å²) in [5.74, 6) is -4.92. The maximum Gasteiger partial charge on any atom is 0.327 e. The molecule has 0 aliphatic heterocycles. The maximum absolute atomic E-state index is 13.3. The van der Waals surface area contributed by atoms with E-state index in [-0.39, 0.29) is 0 Å². The highest BCUT2D eigenvalue weighted by atomic mass is 19.3. The van der Waals surface area contributed by atoms with E-state index in [1.165, 1.54) is 0 Å². The number of halogens is 2. The van der Waals surface area contributed by atoms with Gasteiger partial charge in [-0.05, 0) is 5.56 Å². The first kappa shape index (κ1) is 14.3. The molecule has 0 heterocycles. The van der Waals surface area contributed by atoms with Crippen LogP contribution in [-0.2, 0) is 4.79 Å². The summed E-state index contributed by atoms with van der Waals surface area (Å²) < 4.78 is 26.5. The number of aliphatic hydroxyl groups excluding tert-OH is 1. The van der Waals surface area contributed by atoms with Gasteiger partial charge in [0, 0.05) is 6.42 Å². The Morgan fingerprint density at radius 1 is 1.44 bits per heavy atom. The first-order valence-corrected chi connectivity index (χ1v) is 5.46. The fraction of sp³-hybridized carbons (Fsp3) is 0.308. The Morgan fingerprint density at radius 2 is 2.06 bits per heavy atom. The normalized spacial score (nSPS) is 12.8. The molecule has 0 aromatic heterocycles. The lowest BCUT2D eigenvalue weighted by molar-refractivity contribution is -0.146. The van der Waals surface area contributed by atoms with Crippen molar-refractivity contribution in [2.24, 2.45) is 0 Å². The summed E-state index contributed by atoms with van der Waals surface area (Å²) in [6.45, 7) is 2.73. The van der Waals surface area contributed by atoms with E-state index in [1.807, 2.05) is 0 Å². The summed E-state index contributed by atoms with van der Waals surface area (Å²) in [5, 5.41) is 11.3. The first-order valence-electron chi connectivity index (χ1n) is 5.46. The molecule has 1 amide bonds. The monoisotopic (exact) mass is 255 g/mol. The van der Waals surface area contributed by atoms with Crippen LogP contribution < -0.4 is 5.32 Å². The molecule has 5 heteroatoms. The molecule has 1 unspecified atom stereocenters. The molecular formula is C13H15F2NO2. The minimum atomic E-state index is -3.51. The second-order valence-corrected chi connectivity index (χ2v) is 3.82. The SMILES string of the molecule is C=CCC(F)(F)C(=O)NC(CO)c1ccccc1. The van der Waals surface area contributed by atoms with Crippen molar-refractivity contribution >= 4 is 5.91 Å².